The molecule has 0 unspecified atom stereocenters. The van der Waals surface area contributed by atoms with Crippen LogP contribution in [0.5, 0.6) is 0 Å². The lowest BCUT2D eigenvalue weighted by atomic mass is 10.2. The van der Waals surface area contributed by atoms with Gasteiger partial charge in [-0.15, -0.1) is 0 Å². The molecule has 1 N–H and O–H groups in total. The van der Waals surface area contributed by atoms with E-state index < -0.39 is 17.6 Å². The third-order valence-corrected chi connectivity index (χ3v) is 3.43. The normalized spacial score (nSPS) is 18.9. The third kappa shape index (κ3) is 2.76. The summed E-state index contributed by atoms with van der Waals surface area (Å²) in [5.41, 5.74) is -0.0777. The second-order valence-corrected chi connectivity index (χ2v) is 4.80. The van der Waals surface area contributed by atoms with Crippen molar-refractivity contribution in [2.24, 2.45) is 0 Å². The maximum absolute atomic E-state index is 12.0. The summed E-state index contributed by atoms with van der Waals surface area (Å²) in [6.07, 6.45) is 1.94. The van der Waals surface area contributed by atoms with Crippen LogP contribution >= 0.6 is 0 Å². The Morgan fingerprint density at radius 3 is 2.55 bits per heavy atom. The highest BCUT2D eigenvalue weighted by Crippen LogP contribution is 2.19. The fourth-order valence-electron chi connectivity index (χ4n) is 2.35. The zero-order chi connectivity index (χ0) is 14.7. The molecule has 2 aliphatic rings. The van der Waals surface area contributed by atoms with E-state index in [2.05, 4.69) is 0 Å². The van der Waals surface area contributed by atoms with E-state index in [-0.39, 0.29) is 31.2 Å². The summed E-state index contributed by atoms with van der Waals surface area (Å²) in [7, 11) is 0. The molecular weight excluding hydrogens is 264 g/mol. The number of carbonyl (C=O) groups excluding carboxylic acids is 3. The Labute approximate surface area is 116 Å². The fraction of sp³-hybridized carbons (Fsp3) is 0.615. The highest BCUT2D eigenvalue weighted by molar-refractivity contribution is 6.06. The summed E-state index contributed by atoms with van der Waals surface area (Å²) < 4.78 is 4.77. The molecule has 2 amide bonds. The van der Waals surface area contributed by atoms with Gasteiger partial charge in [-0.2, -0.15) is 0 Å². The zero-order valence-corrected chi connectivity index (χ0v) is 11.4. The molecule has 0 saturated carbocycles. The molecule has 0 radical (unpaired) electrons. The van der Waals surface area contributed by atoms with Crippen LogP contribution in [0, 0.1) is 0 Å². The van der Waals surface area contributed by atoms with E-state index in [1.165, 1.54) is 4.90 Å². The van der Waals surface area contributed by atoms with Crippen LogP contribution in [-0.2, 0) is 19.1 Å². The van der Waals surface area contributed by atoms with E-state index in [1.807, 2.05) is 0 Å². The van der Waals surface area contributed by atoms with E-state index >= 15 is 0 Å². The second-order valence-electron chi connectivity index (χ2n) is 4.80. The summed E-state index contributed by atoms with van der Waals surface area (Å²) in [6, 6.07) is 0. The summed E-state index contributed by atoms with van der Waals surface area (Å²) in [5.74, 6) is -2.18. The number of carbonyl (C=O) groups is 3. The second kappa shape index (κ2) is 5.94. The number of esters is 1. The molecule has 2 rings (SSSR count). The van der Waals surface area contributed by atoms with Gasteiger partial charge in [0.05, 0.1) is 13.2 Å². The topological polar surface area (TPSA) is 87.1 Å². The van der Waals surface area contributed by atoms with E-state index in [1.54, 1.807) is 11.8 Å². The van der Waals surface area contributed by atoms with E-state index in [9.17, 15) is 19.5 Å². The zero-order valence-electron chi connectivity index (χ0n) is 11.4. The number of hydrogen-bond donors (Lipinski definition) is 1. The van der Waals surface area contributed by atoms with Gasteiger partial charge >= 0.3 is 5.97 Å². The van der Waals surface area contributed by atoms with Gasteiger partial charge in [-0.05, 0) is 19.8 Å². The first-order valence-corrected chi connectivity index (χ1v) is 6.71. The van der Waals surface area contributed by atoms with Gasteiger partial charge in [-0.1, -0.05) is 0 Å². The van der Waals surface area contributed by atoms with Crippen molar-refractivity contribution in [1.29, 1.82) is 0 Å². The quantitative estimate of drug-likeness (QED) is 0.723. The van der Waals surface area contributed by atoms with Gasteiger partial charge in [0.25, 0.3) is 5.91 Å². The predicted octanol–water partition coefficient (Wildman–Crippen LogP) is -0.174. The number of ether oxygens (including phenoxy) is 1. The van der Waals surface area contributed by atoms with Gasteiger partial charge in [0, 0.05) is 13.1 Å². The van der Waals surface area contributed by atoms with Crippen molar-refractivity contribution >= 4 is 17.8 Å². The lowest BCUT2D eigenvalue weighted by Gasteiger charge is -2.20. The van der Waals surface area contributed by atoms with Crippen LogP contribution in [0.25, 0.3) is 0 Å². The molecule has 0 bridgehead atoms. The maximum atomic E-state index is 12.0. The molecule has 2 heterocycles. The van der Waals surface area contributed by atoms with Gasteiger partial charge in [-0.25, -0.2) is 4.79 Å². The van der Waals surface area contributed by atoms with Crippen LogP contribution in [0.3, 0.4) is 0 Å². The molecule has 0 aromatic carbocycles. The molecule has 2 aliphatic heterocycles. The van der Waals surface area contributed by atoms with Crippen molar-refractivity contribution in [1.82, 2.24) is 9.80 Å². The van der Waals surface area contributed by atoms with Crippen molar-refractivity contribution in [3.63, 3.8) is 0 Å². The molecule has 7 nitrogen and oxygen atoms in total. The van der Waals surface area contributed by atoms with Crippen LogP contribution in [0.1, 0.15) is 19.8 Å². The largest absolute Gasteiger partial charge is 0.503 e. The van der Waals surface area contributed by atoms with E-state index in [0.29, 0.717) is 13.1 Å². The Kier molecular flexibility index (Phi) is 4.26. The van der Waals surface area contributed by atoms with Gasteiger partial charge in [-0.3, -0.25) is 9.59 Å². The first kappa shape index (κ1) is 14.4. The van der Waals surface area contributed by atoms with E-state index in [4.69, 9.17) is 4.74 Å². The molecule has 7 heteroatoms. The summed E-state index contributed by atoms with van der Waals surface area (Å²) in [4.78, 5) is 38.2. The Bertz CT molecular complexity index is 465. The summed E-state index contributed by atoms with van der Waals surface area (Å²) in [6.45, 7) is 3.00. The number of amides is 2. The standard InChI is InChI=1S/C13H18N2O5/c1-2-20-13(19)9-7-15(12(18)11(9)17)8-10(16)14-5-3-4-6-14/h17H,2-8H2,1H3. The lowest BCUT2D eigenvalue weighted by Crippen LogP contribution is -2.40. The Balaban J connectivity index is 1.97. The Morgan fingerprint density at radius 2 is 1.95 bits per heavy atom. The third-order valence-electron chi connectivity index (χ3n) is 3.43. The first-order chi connectivity index (χ1) is 9.54. The number of nitrogens with zero attached hydrogens (tertiary/aromatic N) is 2. The lowest BCUT2D eigenvalue weighted by molar-refractivity contribution is -0.139. The first-order valence-electron chi connectivity index (χ1n) is 6.71. The average Bonchev–Trinajstić information content (AvgIpc) is 3.03. The van der Waals surface area contributed by atoms with Gasteiger partial charge < -0.3 is 19.6 Å². The van der Waals surface area contributed by atoms with Crippen LogP contribution in [-0.4, -0.2) is 65.5 Å². The van der Waals surface area contributed by atoms with Gasteiger partial charge in [0.15, 0.2) is 5.76 Å². The molecule has 20 heavy (non-hydrogen) atoms. The van der Waals surface area contributed by atoms with Crippen LogP contribution in [0.2, 0.25) is 0 Å². The smallest absolute Gasteiger partial charge is 0.339 e. The van der Waals surface area contributed by atoms with Crippen LogP contribution < -0.4 is 0 Å². The van der Waals surface area contributed by atoms with E-state index in [0.717, 1.165) is 12.8 Å². The highest BCUT2D eigenvalue weighted by atomic mass is 16.5. The Hall–Kier alpha value is -2.05. The Morgan fingerprint density at radius 1 is 1.30 bits per heavy atom. The number of rotatable bonds is 4. The number of aliphatic hydroxyl groups excluding tert-OH is 1. The molecule has 0 atom stereocenters. The monoisotopic (exact) mass is 282 g/mol. The fourth-order valence-corrected chi connectivity index (χ4v) is 2.35. The minimum absolute atomic E-state index is 0.0777. The van der Waals surface area contributed by atoms with Crippen molar-refractivity contribution < 1.29 is 24.2 Å². The van der Waals surface area contributed by atoms with Crippen molar-refractivity contribution in [2.45, 2.75) is 19.8 Å². The highest BCUT2D eigenvalue weighted by Gasteiger charge is 2.36. The average molecular weight is 282 g/mol. The molecule has 110 valence electrons. The number of hydrogen-bond acceptors (Lipinski definition) is 5. The van der Waals surface area contributed by atoms with Crippen molar-refractivity contribution in [3.8, 4) is 0 Å². The SMILES string of the molecule is CCOC(=O)C1=C(O)C(=O)N(CC(=O)N2CCCC2)C1. The molecule has 0 spiro atoms. The van der Waals surface area contributed by atoms with Gasteiger partial charge in [0.2, 0.25) is 5.91 Å². The molecule has 0 aromatic heterocycles. The number of aliphatic hydroxyl groups is 1. The predicted molar refractivity (Wildman–Crippen MR) is 68.7 cm³/mol. The molecular formula is C13H18N2O5. The van der Waals surface area contributed by atoms with Crippen molar-refractivity contribution in [3.05, 3.63) is 11.3 Å². The molecule has 0 aliphatic carbocycles. The van der Waals surface area contributed by atoms with Crippen molar-refractivity contribution in [2.75, 3.05) is 32.8 Å². The minimum Gasteiger partial charge on any atom is -0.503 e. The number of likely N-dealkylation sites (tertiary alicyclic amines) is 1. The molecule has 1 fully saturated rings. The summed E-state index contributed by atoms with van der Waals surface area (Å²) >= 11 is 0. The molecule has 1 saturated heterocycles. The van der Waals surface area contributed by atoms with Crippen LogP contribution in [0.15, 0.2) is 11.3 Å². The maximum Gasteiger partial charge on any atom is 0.339 e. The minimum atomic E-state index is -0.713. The van der Waals surface area contributed by atoms with Crippen LogP contribution in [0.4, 0.5) is 0 Å². The van der Waals surface area contributed by atoms with Gasteiger partial charge in [0.1, 0.15) is 12.1 Å². The summed E-state index contributed by atoms with van der Waals surface area (Å²) in [5, 5.41) is 9.67. The molecule has 0 aromatic rings.